The van der Waals surface area contributed by atoms with Crippen LogP contribution in [0.4, 0.5) is 11.6 Å². The number of hydrogen-bond acceptors (Lipinski definition) is 8. The molecule has 0 bridgehead atoms. The Kier molecular flexibility index (Phi) is 7.49. The highest BCUT2D eigenvalue weighted by molar-refractivity contribution is 5.99. The summed E-state index contributed by atoms with van der Waals surface area (Å²) in [7, 11) is 1.62. The number of methoxy groups -OCH3 is 1. The third-order valence-electron chi connectivity index (χ3n) is 7.69. The minimum atomic E-state index is -0.479. The van der Waals surface area contributed by atoms with Crippen LogP contribution in [0.2, 0.25) is 0 Å². The summed E-state index contributed by atoms with van der Waals surface area (Å²) in [6.07, 6.45) is 6.27. The summed E-state index contributed by atoms with van der Waals surface area (Å²) < 4.78 is 17.8. The number of carbonyl (C=O) groups excluding carboxylic acids is 1. The lowest BCUT2D eigenvalue weighted by atomic mass is 10.1. The second kappa shape index (κ2) is 11.5. The van der Waals surface area contributed by atoms with Crippen LogP contribution >= 0.6 is 0 Å². The maximum absolute atomic E-state index is 13.2. The predicted molar refractivity (Wildman–Crippen MR) is 149 cm³/mol. The van der Waals surface area contributed by atoms with Crippen molar-refractivity contribution in [3.8, 4) is 17.2 Å². The molecular weight excluding hydrogens is 494 g/mol. The van der Waals surface area contributed by atoms with E-state index in [4.69, 9.17) is 14.2 Å². The molecule has 1 aliphatic carbocycles. The van der Waals surface area contributed by atoms with E-state index in [2.05, 4.69) is 31.9 Å². The topological polar surface area (TPSA) is 80.3 Å². The average Bonchev–Trinajstić information content (AvgIpc) is 3.78. The summed E-state index contributed by atoms with van der Waals surface area (Å²) in [4.78, 5) is 28.2. The molecule has 0 spiro atoms. The molecule has 1 atom stereocenters. The molecule has 2 saturated heterocycles. The maximum Gasteiger partial charge on any atom is 0.268 e. The van der Waals surface area contributed by atoms with Crippen molar-refractivity contribution < 1.29 is 19.0 Å². The first-order valence-electron chi connectivity index (χ1n) is 13.8. The Morgan fingerprint density at radius 1 is 0.897 bits per heavy atom. The number of rotatable bonds is 10. The minimum absolute atomic E-state index is 0.0305. The van der Waals surface area contributed by atoms with Gasteiger partial charge in [0, 0.05) is 69.8 Å². The van der Waals surface area contributed by atoms with Crippen LogP contribution in [-0.4, -0.2) is 79.9 Å². The number of piperazine rings is 1. The van der Waals surface area contributed by atoms with Gasteiger partial charge in [-0.15, -0.1) is 0 Å². The van der Waals surface area contributed by atoms with Crippen molar-refractivity contribution in [2.24, 2.45) is 0 Å². The fraction of sp³-hybridized carbons (Fsp3) is 0.433. The van der Waals surface area contributed by atoms with Crippen molar-refractivity contribution in [1.82, 2.24) is 14.9 Å². The molecule has 1 saturated carbocycles. The molecule has 3 aliphatic rings. The third-order valence-corrected chi connectivity index (χ3v) is 7.69. The summed E-state index contributed by atoms with van der Waals surface area (Å²) in [6.45, 7) is 5.62. The summed E-state index contributed by atoms with van der Waals surface area (Å²) in [6, 6.07) is 15.7. The van der Waals surface area contributed by atoms with Gasteiger partial charge in [0.05, 0.1) is 7.11 Å². The standard InChI is InChI=1S/C30H35N5O4/c1-37-28-21-24(35-14-11-27(29(35)36)39-25-8-5-23(6-9-25)22-3-4-22)7-10-26(28)38-20-19-33-15-17-34(18-16-33)30-31-12-2-13-32-30/h2,5-10,12-13,21-22,27H,3-4,11,14-20H2,1H3/t27-/m0/s1. The number of nitrogens with zero attached hydrogens (tertiary/aromatic N) is 5. The Morgan fingerprint density at radius 2 is 1.67 bits per heavy atom. The van der Waals surface area contributed by atoms with Crippen LogP contribution < -0.4 is 24.0 Å². The van der Waals surface area contributed by atoms with Gasteiger partial charge < -0.3 is 24.0 Å². The molecule has 2 aromatic carbocycles. The van der Waals surface area contributed by atoms with E-state index in [9.17, 15) is 4.79 Å². The van der Waals surface area contributed by atoms with Crippen LogP contribution in [0.3, 0.4) is 0 Å². The molecule has 9 heteroatoms. The molecule has 39 heavy (non-hydrogen) atoms. The molecule has 1 aromatic heterocycles. The maximum atomic E-state index is 13.2. The summed E-state index contributed by atoms with van der Waals surface area (Å²) in [5, 5.41) is 0. The van der Waals surface area contributed by atoms with E-state index in [-0.39, 0.29) is 5.91 Å². The van der Waals surface area contributed by atoms with Gasteiger partial charge in [-0.3, -0.25) is 9.69 Å². The smallest absolute Gasteiger partial charge is 0.268 e. The van der Waals surface area contributed by atoms with Crippen LogP contribution in [0.15, 0.2) is 60.9 Å². The van der Waals surface area contributed by atoms with Crippen molar-refractivity contribution >= 4 is 17.5 Å². The minimum Gasteiger partial charge on any atom is -0.493 e. The van der Waals surface area contributed by atoms with Crippen LogP contribution in [0, 0.1) is 0 Å². The van der Waals surface area contributed by atoms with Gasteiger partial charge in [-0.25, -0.2) is 9.97 Å². The van der Waals surface area contributed by atoms with Gasteiger partial charge in [-0.05, 0) is 54.7 Å². The van der Waals surface area contributed by atoms with E-state index >= 15 is 0 Å². The average molecular weight is 530 g/mol. The SMILES string of the molecule is COc1cc(N2CC[C@H](Oc3ccc(C4CC4)cc3)C2=O)ccc1OCCN1CCN(c2ncccn2)CC1. The Labute approximate surface area is 229 Å². The number of aromatic nitrogens is 2. The highest BCUT2D eigenvalue weighted by Gasteiger charge is 2.35. The van der Waals surface area contributed by atoms with Gasteiger partial charge in [-0.1, -0.05) is 12.1 Å². The number of amides is 1. The fourth-order valence-electron chi connectivity index (χ4n) is 5.27. The van der Waals surface area contributed by atoms with E-state index in [1.165, 1.54) is 18.4 Å². The summed E-state index contributed by atoms with van der Waals surface area (Å²) >= 11 is 0. The number of hydrogen-bond donors (Lipinski definition) is 0. The zero-order valence-corrected chi connectivity index (χ0v) is 22.4. The molecule has 0 unspecified atom stereocenters. The van der Waals surface area contributed by atoms with E-state index in [1.54, 1.807) is 24.4 Å². The molecule has 3 fully saturated rings. The molecule has 6 rings (SSSR count). The Morgan fingerprint density at radius 3 is 2.38 bits per heavy atom. The summed E-state index contributed by atoms with van der Waals surface area (Å²) in [5.41, 5.74) is 2.15. The van der Waals surface area contributed by atoms with Crippen LogP contribution in [-0.2, 0) is 4.79 Å². The first-order chi connectivity index (χ1) is 19.2. The zero-order valence-electron chi connectivity index (χ0n) is 22.4. The van der Waals surface area contributed by atoms with E-state index < -0.39 is 6.10 Å². The first-order valence-corrected chi connectivity index (χ1v) is 13.8. The molecule has 0 N–H and O–H groups in total. The monoisotopic (exact) mass is 529 g/mol. The lowest BCUT2D eigenvalue weighted by molar-refractivity contribution is -0.122. The third kappa shape index (κ3) is 5.93. The fourth-order valence-corrected chi connectivity index (χ4v) is 5.27. The van der Waals surface area contributed by atoms with E-state index in [0.717, 1.165) is 50.1 Å². The molecular formula is C30H35N5O4. The van der Waals surface area contributed by atoms with Crippen molar-refractivity contribution in [3.05, 3.63) is 66.5 Å². The number of ether oxygens (including phenoxy) is 3. The zero-order chi connectivity index (χ0) is 26.6. The van der Waals surface area contributed by atoms with E-state index in [0.29, 0.717) is 37.0 Å². The Bertz CT molecular complexity index is 1260. The second-order valence-corrected chi connectivity index (χ2v) is 10.3. The lowest BCUT2D eigenvalue weighted by Gasteiger charge is -2.34. The molecule has 3 heterocycles. The highest BCUT2D eigenvalue weighted by Crippen LogP contribution is 2.40. The Balaban J connectivity index is 0.997. The number of carbonyl (C=O) groups is 1. The molecule has 9 nitrogen and oxygen atoms in total. The van der Waals surface area contributed by atoms with Gasteiger partial charge in [-0.2, -0.15) is 0 Å². The van der Waals surface area contributed by atoms with Gasteiger partial charge in [0.15, 0.2) is 17.6 Å². The van der Waals surface area contributed by atoms with E-state index in [1.807, 2.05) is 36.4 Å². The molecule has 2 aliphatic heterocycles. The summed E-state index contributed by atoms with van der Waals surface area (Å²) in [5.74, 6) is 3.50. The largest absolute Gasteiger partial charge is 0.493 e. The van der Waals surface area contributed by atoms with Crippen molar-refractivity contribution in [1.29, 1.82) is 0 Å². The van der Waals surface area contributed by atoms with Crippen molar-refractivity contribution in [3.63, 3.8) is 0 Å². The van der Waals surface area contributed by atoms with Gasteiger partial charge in [0.25, 0.3) is 5.91 Å². The molecule has 1 amide bonds. The quantitative estimate of drug-likeness (QED) is 0.393. The van der Waals surface area contributed by atoms with Crippen LogP contribution in [0.5, 0.6) is 17.2 Å². The molecule has 204 valence electrons. The van der Waals surface area contributed by atoms with Gasteiger partial charge in [0.2, 0.25) is 5.95 Å². The predicted octanol–water partition coefficient (Wildman–Crippen LogP) is 3.75. The highest BCUT2D eigenvalue weighted by atomic mass is 16.5. The van der Waals surface area contributed by atoms with Gasteiger partial charge in [0.1, 0.15) is 12.4 Å². The Hall–Kier alpha value is -3.85. The second-order valence-electron chi connectivity index (χ2n) is 10.3. The number of benzene rings is 2. The van der Waals surface area contributed by atoms with Crippen molar-refractivity contribution in [2.75, 3.05) is 62.8 Å². The van der Waals surface area contributed by atoms with Crippen LogP contribution in [0.1, 0.15) is 30.7 Å². The molecule has 3 aromatic rings. The lowest BCUT2D eigenvalue weighted by Crippen LogP contribution is -2.48. The normalized spacial score (nSPS) is 19.8. The van der Waals surface area contributed by atoms with Gasteiger partial charge >= 0.3 is 0 Å². The molecule has 0 radical (unpaired) electrons. The first kappa shape index (κ1) is 25.4. The van der Waals surface area contributed by atoms with Crippen molar-refractivity contribution in [2.45, 2.75) is 31.3 Å². The van der Waals surface area contributed by atoms with Crippen LogP contribution in [0.25, 0.3) is 0 Å². The number of anilines is 2.